The lowest BCUT2D eigenvalue weighted by molar-refractivity contribution is -0.159. The van der Waals surface area contributed by atoms with Gasteiger partial charge in [-0.25, -0.2) is 9.59 Å². The Kier molecular flexibility index (Phi) is 8.93. The first-order chi connectivity index (χ1) is 12.4. The molecule has 0 bridgehead atoms. The maximum atomic E-state index is 12.0. The van der Waals surface area contributed by atoms with E-state index in [0.717, 1.165) is 19.6 Å². The second-order valence-corrected chi connectivity index (χ2v) is 5.52. The van der Waals surface area contributed by atoms with Gasteiger partial charge in [-0.3, -0.25) is 4.79 Å². The van der Waals surface area contributed by atoms with Crippen molar-refractivity contribution in [1.29, 1.82) is 0 Å². The molecule has 1 aromatic rings. The normalized spacial score (nSPS) is 13.3. The van der Waals surface area contributed by atoms with Crippen molar-refractivity contribution in [2.75, 3.05) is 39.2 Å². The minimum absolute atomic E-state index is 0.0142. The van der Waals surface area contributed by atoms with E-state index in [-0.39, 0.29) is 5.91 Å². The molecular formula is C17H24N2O7. The molecular weight excluding hydrogens is 344 g/mol. The number of carbonyl (C=O) groups excluding carboxylic acids is 1. The summed E-state index contributed by atoms with van der Waals surface area (Å²) in [6.45, 7) is 3.04. The third kappa shape index (κ3) is 7.39. The zero-order chi connectivity index (χ0) is 19.5. The smallest absolute Gasteiger partial charge is 0.414 e. The summed E-state index contributed by atoms with van der Waals surface area (Å²) in [5, 5.41) is 17.7. The van der Waals surface area contributed by atoms with Crippen LogP contribution in [0.15, 0.2) is 18.2 Å². The first-order valence-corrected chi connectivity index (χ1v) is 8.07. The molecule has 0 atom stereocenters. The number of carboxylic acids is 2. The molecule has 9 nitrogen and oxygen atoms in total. The Morgan fingerprint density at radius 3 is 2.19 bits per heavy atom. The summed E-state index contributed by atoms with van der Waals surface area (Å²) in [7, 11) is 3.18. The van der Waals surface area contributed by atoms with E-state index in [1.165, 1.54) is 12.8 Å². The predicted molar refractivity (Wildman–Crippen MR) is 93.7 cm³/mol. The summed E-state index contributed by atoms with van der Waals surface area (Å²) >= 11 is 0. The highest BCUT2D eigenvalue weighted by molar-refractivity contribution is 6.27. The molecule has 0 aromatic heterocycles. The summed E-state index contributed by atoms with van der Waals surface area (Å²) < 4.78 is 10.4. The van der Waals surface area contributed by atoms with E-state index < -0.39 is 11.9 Å². The van der Waals surface area contributed by atoms with Crippen LogP contribution in [0.25, 0.3) is 0 Å². The van der Waals surface area contributed by atoms with Gasteiger partial charge in [-0.2, -0.15) is 0 Å². The van der Waals surface area contributed by atoms with Crippen LogP contribution in [0.3, 0.4) is 0 Å². The van der Waals surface area contributed by atoms with Gasteiger partial charge in [-0.1, -0.05) is 0 Å². The molecule has 1 amide bonds. The molecule has 0 aliphatic carbocycles. The molecule has 0 spiro atoms. The maximum absolute atomic E-state index is 12.0. The number of likely N-dealkylation sites (tertiary alicyclic amines) is 1. The Bertz CT molecular complexity index is 616. The quantitative estimate of drug-likeness (QED) is 0.641. The van der Waals surface area contributed by atoms with Gasteiger partial charge in [0.2, 0.25) is 5.91 Å². The highest BCUT2D eigenvalue weighted by Gasteiger charge is 2.14. The topological polar surface area (TPSA) is 125 Å². The van der Waals surface area contributed by atoms with E-state index in [2.05, 4.69) is 10.2 Å². The van der Waals surface area contributed by atoms with E-state index in [1.807, 2.05) is 0 Å². The number of aliphatic carboxylic acids is 2. The van der Waals surface area contributed by atoms with Gasteiger partial charge in [0.15, 0.2) is 0 Å². The fourth-order valence-corrected chi connectivity index (χ4v) is 2.38. The van der Waals surface area contributed by atoms with Crippen molar-refractivity contribution >= 4 is 23.5 Å². The minimum atomic E-state index is -1.82. The molecule has 1 aromatic carbocycles. The van der Waals surface area contributed by atoms with Crippen LogP contribution in [0.4, 0.5) is 5.69 Å². The number of amides is 1. The highest BCUT2D eigenvalue weighted by atomic mass is 16.5. The lowest BCUT2D eigenvalue weighted by atomic mass is 10.2. The van der Waals surface area contributed by atoms with Gasteiger partial charge in [0, 0.05) is 19.0 Å². The highest BCUT2D eigenvalue weighted by Crippen LogP contribution is 2.29. The van der Waals surface area contributed by atoms with Gasteiger partial charge in [0.05, 0.1) is 19.9 Å². The molecule has 1 saturated heterocycles. The average Bonchev–Trinajstić information content (AvgIpc) is 3.14. The van der Waals surface area contributed by atoms with Crippen molar-refractivity contribution in [3.63, 3.8) is 0 Å². The van der Waals surface area contributed by atoms with Crippen LogP contribution in [0.5, 0.6) is 11.5 Å². The number of carboxylic acid groups (broad SMARTS) is 2. The van der Waals surface area contributed by atoms with Crippen LogP contribution in [-0.2, 0) is 14.4 Å². The Morgan fingerprint density at radius 1 is 1.08 bits per heavy atom. The van der Waals surface area contributed by atoms with Crippen LogP contribution in [0, 0.1) is 0 Å². The van der Waals surface area contributed by atoms with Crippen LogP contribution >= 0.6 is 0 Å². The number of benzene rings is 1. The number of ether oxygens (including phenoxy) is 2. The molecule has 0 saturated carbocycles. The number of methoxy groups -OCH3 is 2. The molecule has 3 N–H and O–H groups in total. The lowest BCUT2D eigenvalue weighted by Gasteiger charge is -2.15. The average molecular weight is 368 g/mol. The van der Waals surface area contributed by atoms with E-state index >= 15 is 0 Å². The zero-order valence-electron chi connectivity index (χ0n) is 14.9. The van der Waals surface area contributed by atoms with Crippen molar-refractivity contribution in [3.05, 3.63) is 18.2 Å². The fourth-order valence-electron chi connectivity index (χ4n) is 2.38. The molecule has 1 heterocycles. The van der Waals surface area contributed by atoms with Gasteiger partial charge in [0.1, 0.15) is 11.5 Å². The Morgan fingerprint density at radius 2 is 1.69 bits per heavy atom. The molecule has 0 radical (unpaired) electrons. The largest absolute Gasteiger partial charge is 0.497 e. The van der Waals surface area contributed by atoms with E-state index in [9.17, 15) is 4.79 Å². The monoisotopic (exact) mass is 368 g/mol. The first kappa shape index (κ1) is 21.2. The summed E-state index contributed by atoms with van der Waals surface area (Å²) in [6, 6.07) is 5.36. The number of nitrogens with zero attached hydrogens (tertiary/aromatic N) is 1. The Hall–Kier alpha value is -2.81. The maximum Gasteiger partial charge on any atom is 0.414 e. The predicted octanol–water partition coefficient (Wildman–Crippen LogP) is 1.28. The summed E-state index contributed by atoms with van der Waals surface area (Å²) in [5.74, 6) is -2.32. The number of anilines is 1. The molecule has 2 rings (SSSR count). The van der Waals surface area contributed by atoms with E-state index in [0.29, 0.717) is 23.6 Å². The summed E-state index contributed by atoms with van der Waals surface area (Å²) in [6.07, 6.45) is 3.00. The molecule has 9 heteroatoms. The van der Waals surface area contributed by atoms with E-state index in [1.54, 1.807) is 32.4 Å². The number of nitrogens with one attached hydrogen (secondary N) is 1. The van der Waals surface area contributed by atoms with Gasteiger partial charge < -0.3 is 29.9 Å². The second-order valence-electron chi connectivity index (χ2n) is 5.52. The molecule has 144 valence electrons. The van der Waals surface area contributed by atoms with Crippen LogP contribution in [0.2, 0.25) is 0 Å². The molecule has 1 aliphatic heterocycles. The van der Waals surface area contributed by atoms with E-state index in [4.69, 9.17) is 29.3 Å². The summed E-state index contributed by atoms with van der Waals surface area (Å²) in [4.78, 5) is 32.5. The van der Waals surface area contributed by atoms with Crippen LogP contribution in [-0.4, -0.2) is 66.8 Å². The number of carbonyl (C=O) groups is 3. The van der Waals surface area contributed by atoms with Crippen LogP contribution in [0.1, 0.15) is 19.3 Å². The number of hydrogen-bond acceptors (Lipinski definition) is 6. The van der Waals surface area contributed by atoms with Gasteiger partial charge >= 0.3 is 11.9 Å². The van der Waals surface area contributed by atoms with Crippen molar-refractivity contribution in [2.24, 2.45) is 0 Å². The van der Waals surface area contributed by atoms with Gasteiger partial charge in [-0.15, -0.1) is 0 Å². The van der Waals surface area contributed by atoms with Crippen molar-refractivity contribution in [2.45, 2.75) is 19.3 Å². The summed E-state index contributed by atoms with van der Waals surface area (Å²) in [5.41, 5.74) is 0.680. The molecule has 26 heavy (non-hydrogen) atoms. The van der Waals surface area contributed by atoms with Crippen molar-refractivity contribution in [3.8, 4) is 11.5 Å². The first-order valence-electron chi connectivity index (χ1n) is 8.07. The molecule has 1 fully saturated rings. The minimum Gasteiger partial charge on any atom is -0.497 e. The zero-order valence-corrected chi connectivity index (χ0v) is 14.9. The van der Waals surface area contributed by atoms with Crippen molar-refractivity contribution in [1.82, 2.24) is 4.90 Å². The molecule has 0 unspecified atom stereocenters. The van der Waals surface area contributed by atoms with Gasteiger partial charge in [0.25, 0.3) is 0 Å². The standard InChI is InChI=1S/C15H22N2O3.C2H2O4/c1-19-12-5-6-13(14(11-12)20-2)16-15(18)7-10-17-8-3-4-9-17;3-1(4)2(5)6/h5-6,11H,3-4,7-10H2,1-2H3,(H,16,18);(H,3,4)(H,5,6). The second kappa shape index (κ2) is 10.9. The van der Waals surface area contributed by atoms with Gasteiger partial charge in [-0.05, 0) is 38.1 Å². The SMILES string of the molecule is COc1ccc(NC(=O)CCN2CCCC2)c(OC)c1.O=C(O)C(=O)O. The lowest BCUT2D eigenvalue weighted by Crippen LogP contribution is -2.25. The van der Waals surface area contributed by atoms with Crippen molar-refractivity contribution < 1.29 is 34.1 Å². The fraction of sp³-hybridized carbons (Fsp3) is 0.471. The molecule has 1 aliphatic rings. The number of rotatable bonds is 6. The third-order valence-corrected chi connectivity index (χ3v) is 3.72. The Balaban J connectivity index is 0.000000487. The van der Waals surface area contributed by atoms with Crippen LogP contribution < -0.4 is 14.8 Å². The number of hydrogen-bond donors (Lipinski definition) is 3. The third-order valence-electron chi connectivity index (χ3n) is 3.72. The Labute approximate surface area is 151 Å².